The lowest BCUT2D eigenvalue weighted by molar-refractivity contribution is -0.115. The molecule has 0 bridgehead atoms. The summed E-state index contributed by atoms with van der Waals surface area (Å²) in [5.74, 6) is -0.576. The van der Waals surface area contributed by atoms with Crippen molar-refractivity contribution in [3.8, 4) is 0 Å². The van der Waals surface area contributed by atoms with Crippen LogP contribution in [0.1, 0.15) is 50.3 Å². The Kier molecular flexibility index (Phi) is 6.96. The number of nitrogens with zero attached hydrogens (tertiary/aromatic N) is 2. The van der Waals surface area contributed by atoms with Gasteiger partial charge < -0.3 is 5.32 Å². The molecular formula is C28H30ClN3O. The standard InChI is InChI=1S/C28H30ClN3O/c1-18(2)32(19(3)4)17-20-10-13-23(14-11-20)30-27(21-8-6-5-7-9-21)26-24-15-12-22(29)16-25(24)31-28(26)33/h5-16,18-19,26H,17H2,1-4H3,(H,31,33). The van der Waals surface area contributed by atoms with Gasteiger partial charge in [-0.3, -0.25) is 14.7 Å². The van der Waals surface area contributed by atoms with Crippen molar-refractivity contribution in [2.75, 3.05) is 5.32 Å². The summed E-state index contributed by atoms with van der Waals surface area (Å²) in [4.78, 5) is 20.4. The highest BCUT2D eigenvalue weighted by Gasteiger charge is 2.35. The summed E-state index contributed by atoms with van der Waals surface area (Å²) in [5, 5.41) is 3.56. The van der Waals surface area contributed by atoms with E-state index in [1.807, 2.05) is 54.6 Å². The van der Waals surface area contributed by atoms with Crippen molar-refractivity contribution in [1.29, 1.82) is 0 Å². The van der Waals surface area contributed by atoms with E-state index in [0.717, 1.165) is 34.8 Å². The van der Waals surface area contributed by atoms with Crippen LogP contribution in [0.4, 0.5) is 11.4 Å². The molecule has 0 aliphatic carbocycles. The Morgan fingerprint density at radius 2 is 1.64 bits per heavy atom. The molecule has 3 aromatic rings. The molecule has 0 fully saturated rings. The van der Waals surface area contributed by atoms with Crippen LogP contribution in [0.25, 0.3) is 0 Å². The fourth-order valence-electron chi connectivity index (χ4n) is 4.40. The molecular weight excluding hydrogens is 430 g/mol. The SMILES string of the molecule is CC(C)N(Cc1ccc(N=C(c2ccccc2)C2C(=O)Nc3cc(Cl)ccc32)cc1)C(C)C. The third-order valence-electron chi connectivity index (χ3n) is 6.07. The van der Waals surface area contributed by atoms with Gasteiger partial charge in [-0.1, -0.05) is 60.1 Å². The van der Waals surface area contributed by atoms with Crippen LogP contribution < -0.4 is 5.32 Å². The fourth-order valence-corrected chi connectivity index (χ4v) is 4.57. The van der Waals surface area contributed by atoms with Crippen LogP contribution in [0, 0.1) is 0 Å². The maximum absolute atomic E-state index is 13.0. The number of aliphatic imine (C=N–C) groups is 1. The maximum atomic E-state index is 13.0. The summed E-state index contributed by atoms with van der Waals surface area (Å²) in [6.07, 6.45) is 0. The van der Waals surface area contributed by atoms with Crippen LogP contribution >= 0.6 is 11.6 Å². The van der Waals surface area contributed by atoms with E-state index in [-0.39, 0.29) is 5.91 Å². The van der Waals surface area contributed by atoms with Crippen molar-refractivity contribution in [3.05, 3.63) is 94.5 Å². The minimum atomic E-state index is -0.489. The van der Waals surface area contributed by atoms with Crippen LogP contribution in [0.5, 0.6) is 0 Å². The Hall–Kier alpha value is -2.95. The number of fused-ring (bicyclic) bond motifs is 1. The molecule has 33 heavy (non-hydrogen) atoms. The van der Waals surface area contributed by atoms with E-state index >= 15 is 0 Å². The normalized spacial score (nSPS) is 15.9. The second-order valence-electron chi connectivity index (χ2n) is 9.04. The molecule has 1 atom stereocenters. The summed E-state index contributed by atoms with van der Waals surface area (Å²) in [5.41, 5.74) is 5.37. The average Bonchev–Trinajstić information content (AvgIpc) is 3.11. The molecule has 4 nitrogen and oxygen atoms in total. The largest absolute Gasteiger partial charge is 0.325 e. The summed E-state index contributed by atoms with van der Waals surface area (Å²) < 4.78 is 0. The first kappa shape index (κ1) is 23.2. The predicted molar refractivity (Wildman–Crippen MR) is 138 cm³/mol. The van der Waals surface area contributed by atoms with Gasteiger partial charge in [-0.2, -0.15) is 0 Å². The Balaban J connectivity index is 1.70. The molecule has 0 saturated carbocycles. The molecule has 4 rings (SSSR count). The molecule has 0 aromatic heterocycles. The molecule has 1 aliphatic rings. The lowest BCUT2D eigenvalue weighted by Gasteiger charge is -2.30. The lowest BCUT2D eigenvalue weighted by atomic mass is 9.90. The zero-order valence-electron chi connectivity index (χ0n) is 19.5. The summed E-state index contributed by atoms with van der Waals surface area (Å²) in [6.45, 7) is 9.79. The molecule has 1 amide bonds. The first-order chi connectivity index (χ1) is 15.8. The van der Waals surface area contributed by atoms with Crippen LogP contribution in [0.15, 0.2) is 77.8 Å². The van der Waals surface area contributed by atoms with Crippen LogP contribution in [0.3, 0.4) is 0 Å². The van der Waals surface area contributed by atoms with Crippen LogP contribution in [-0.2, 0) is 11.3 Å². The number of anilines is 1. The summed E-state index contributed by atoms with van der Waals surface area (Å²) >= 11 is 6.15. The lowest BCUT2D eigenvalue weighted by Crippen LogP contribution is -2.36. The number of hydrogen-bond donors (Lipinski definition) is 1. The average molecular weight is 460 g/mol. The third kappa shape index (κ3) is 5.18. The van der Waals surface area contributed by atoms with E-state index in [9.17, 15) is 4.79 Å². The van der Waals surface area contributed by atoms with E-state index in [2.05, 4.69) is 50.0 Å². The molecule has 170 valence electrons. The number of rotatable bonds is 7. The molecule has 1 aliphatic heterocycles. The minimum absolute atomic E-state index is 0.0870. The van der Waals surface area contributed by atoms with Gasteiger partial charge in [0.05, 0.1) is 11.4 Å². The van der Waals surface area contributed by atoms with E-state index in [0.29, 0.717) is 17.1 Å². The number of hydrogen-bond acceptors (Lipinski definition) is 3. The molecule has 0 saturated heterocycles. The van der Waals surface area contributed by atoms with Crippen molar-refractivity contribution in [2.45, 2.75) is 52.2 Å². The summed E-state index contributed by atoms with van der Waals surface area (Å²) in [7, 11) is 0. The number of nitrogens with one attached hydrogen (secondary N) is 1. The van der Waals surface area contributed by atoms with Gasteiger partial charge in [-0.15, -0.1) is 0 Å². The first-order valence-corrected chi connectivity index (χ1v) is 11.8. The molecule has 3 aromatic carbocycles. The number of amides is 1. The van der Waals surface area contributed by atoms with E-state index < -0.39 is 5.92 Å². The van der Waals surface area contributed by atoms with Gasteiger partial charge in [0.2, 0.25) is 5.91 Å². The zero-order valence-corrected chi connectivity index (χ0v) is 20.3. The second-order valence-corrected chi connectivity index (χ2v) is 9.48. The van der Waals surface area contributed by atoms with Crippen LogP contribution in [-0.4, -0.2) is 28.6 Å². The number of halogens is 1. The van der Waals surface area contributed by atoms with Crippen molar-refractivity contribution >= 4 is 34.6 Å². The highest BCUT2D eigenvalue weighted by atomic mass is 35.5. The molecule has 1 heterocycles. The number of carbonyl (C=O) groups excluding carboxylic acids is 1. The van der Waals surface area contributed by atoms with Crippen molar-refractivity contribution < 1.29 is 4.79 Å². The zero-order chi connectivity index (χ0) is 23.5. The Morgan fingerprint density at radius 1 is 0.970 bits per heavy atom. The molecule has 1 N–H and O–H groups in total. The predicted octanol–water partition coefficient (Wildman–Crippen LogP) is 6.82. The van der Waals surface area contributed by atoms with E-state index in [1.165, 1.54) is 5.56 Å². The molecule has 0 spiro atoms. The van der Waals surface area contributed by atoms with Gasteiger partial charge in [-0.05, 0) is 68.7 Å². The monoisotopic (exact) mass is 459 g/mol. The highest BCUT2D eigenvalue weighted by Crippen LogP contribution is 2.37. The van der Waals surface area contributed by atoms with Gasteiger partial charge in [0.25, 0.3) is 0 Å². The third-order valence-corrected chi connectivity index (χ3v) is 6.30. The Labute approximate surface area is 201 Å². The van der Waals surface area contributed by atoms with Crippen molar-refractivity contribution in [3.63, 3.8) is 0 Å². The number of benzene rings is 3. The summed E-state index contributed by atoms with van der Waals surface area (Å²) in [6, 6.07) is 24.7. The molecule has 5 heteroatoms. The van der Waals surface area contributed by atoms with Crippen LogP contribution in [0.2, 0.25) is 5.02 Å². The fraction of sp³-hybridized carbons (Fsp3) is 0.286. The van der Waals surface area contributed by atoms with Gasteiger partial charge >= 0.3 is 0 Å². The van der Waals surface area contributed by atoms with Crippen molar-refractivity contribution in [2.24, 2.45) is 4.99 Å². The van der Waals surface area contributed by atoms with E-state index in [4.69, 9.17) is 16.6 Å². The smallest absolute Gasteiger partial charge is 0.238 e. The second kappa shape index (κ2) is 9.90. The van der Waals surface area contributed by atoms with Gasteiger partial charge in [0, 0.05) is 29.3 Å². The van der Waals surface area contributed by atoms with E-state index in [1.54, 1.807) is 6.07 Å². The van der Waals surface area contributed by atoms with Gasteiger partial charge in [-0.25, -0.2) is 0 Å². The van der Waals surface area contributed by atoms with Gasteiger partial charge in [0.15, 0.2) is 0 Å². The quantitative estimate of drug-likeness (QED) is 0.394. The number of carbonyl (C=O) groups is 1. The first-order valence-electron chi connectivity index (χ1n) is 11.4. The Bertz CT molecular complexity index is 1150. The minimum Gasteiger partial charge on any atom is -0.325 e. The maximum Gasteiger partial charge on any atom is 0.238 e. The topological polar surface area (TPSA) is 44.7 Å². The van der Waals surface area contributed by atoms with Crippen molar-refractivity contribution in [1.82, 2.24) is 4.90 Å². The molecule has 0 radical (unpaired) electrons. The van der Waals surface area contributed by atoms with Gasteiger partial charge in [0.1, 0.15) is 5.92 Å². The molecule has 1 unspecified atom stereocenters. The highest BCUT2D eigenvalue weighted by molar-refractivity contribution is 6.31. The Morgan fingerprint density at radius 3 is 2.27 bits per heavy atom.